The number of carbonyl (C=O) groups excluding carboxylic acids is 1. The van der Waals surface area contributed by atoms with E-state index in [9.17, 15) is 13.2 Å². The number of fused-ring (bicyclic) bond motifs is 1. The summed E-state index contributed by atoms with van der Waals surface area (Å²) in [5, 5.41) is 0. The molecule has 94 valence electrons. The summed E-state index contributed by atoms with van der Waals surface area (Å²) in [6, 6.07) is 6.99. The van der Waals surface area contributed by atoms with E-state index >= 15 is 0 Å². The van der Waals surface area contributed by atoms with Gasteiger partial charge in [0.2, 0.25) is 5.91 Å². The van der Waals surface area contributed by atoms with Crippen molar-refractivity contribution in [1.82, 2.24) is 0 Å². The van der Waals surface area contributed by atoms with E-state index in [0.29, 0.717) is 11.3 Å². The van der Waals surface area contributed by atoms with Crippen molar-refractivity contribution in [1.29, 1.82) is 0 Å². The summed E-state index contributed by atoms with van der Waals surface area (Å²) >= 11 is 0. The van der Waals surface area contributed by atoms with Gasteiger partial charge < -0.3 is 4.90 Å². The molecule has 1 aromatic carbocycles. The molecule has 1 aliphatic heterocycles. The van der Waals surface area contributed by atoms with E-state index in [4.69, 9.17) is 4.55 Å². The first kappa shape index (κ1) is 15.7. The van der Waals surface area contributed by atoms with Crippen molar-refractivity contribution < 1.29 is 17.8 Å². The molecule has 1 atom stereocenters. The zero-order chi connectivity index (χ0) is 12.8. The van der Waals surface area contributed by atoms with Gasteiger partial charge in [-0.2, -0.15) is 8.42 Å². The van der Waals surface area contributed by atoms with Crippen LogP contribution in [0.15, 0.2) is 24.3 Å². The first-order chi connectivity index (χ1) is 7.76. The molecule has 1 amide bonds. The molecule has 1 aromatic rings. The second-order valence-electron chi connectivity index (χ2n) is 4.44. The molecule has 1 heterocycles. The van der Waals surface area contributed by atoms with Crippen molar-refractivity contribution in [3.8, 4) is 0 Å². The molecular weight excluding hydrogens is 265 g/mol. The molecule has 7 heteroatoms. The fourth-order valence-electron chi connectivity index (χ4n) is 2.33. The molecule has 1 aliphatic rings. The number of para-hydroxylation sites is 1. The van der Waals surface area contributed by atoms with Gasteiger partial charge in [-0.1, -0.05) is 18.2 Å². The van der Waals surface area contributed by atoms with E-state index in [1.807, 2.05) is 0 Å². The number of hydrogen-bond donors (Lipinski definition) is 1. The first-order valence-corrected chi connectivity index (χ1v) is 6.69. The van der Waals surface area contributed by atoms with Crippen LogP contribution in [0, 0.1) is 0 Å². The summed E-state index contributed by atoms with van der Waals surface area (Å²) in [5.41, 5.74) is 0.104. The SMILES string of the molecule is CN1C(=O)C(C)(CS(=O)(=O)O)c2ccccc21.[NaH]. The number of nitrogens with zero attached hydrogens (tertiary/aromatic N) is 1. The van der Waals surface area contributed by atoms with Gasteiger partial charge in [-0.3, -0.25) is 9.35 Å². The molecule has 5 nitrogen and oxygen atoms in total. The van der Waals surface area contributed by atoms with Gasteiger partial charge in [0, 0.05) is 12.7 Å². The first-order valence-electron chi connectivity index (χ1n) is 5.08. The molecule has 0 aliphatic carbocycles. The quantitative estimate of drug-likeness (QED) is 0.618. The molecule has 0 aromatic heterocycles. The number of carbonyl (C=O) groups is 1. The van der Waals surface area contributed by atoms with Gasteiger partial charge in [0.1, 0.15) is 0 Å². The Morgan fingerprint density at radius 2 is 1.89 bits per heavy atom. The van der Waals surface area contributed by atoms with Crippen LogP contribution in [0.2, 0.25) is 0 Å². The van der Waals surface area contributed by atoms with Crippen molar-refractivity contribution in [2.75, 3.05) is 17.7 Å². The van der Waals surface area contributed by atoms with Crippen LogP contribution in [-0.2, 0) is 20.3 Å². The van der Waals surface area contributed by atoms with E-state index in [1.54, 1.807) is 31.3 Å². The van der Waals surface area contributed by atoms with Gasteiger partial charge in [-0.05, 0) is 18.6 Å². The third kappa shape index (κ3) is 2.48. The fourth-order valence-corrected chi connectivity index (χ4v) is 3.34. The van der Waals surface area contributed by atoms with E-state index in [-0.39, 0.29) is 35.5 Å². The summed E-state index contributed by atoms with van der Waals surface area (Å²) < 4.78 is 31.1. The van der Waals surface area contributed by atoms with Crippen LogP contribution < -0.4 is 4.90 Å². The van der Waals surface area contributed by atoms with Gasteiger partial charge in [0.15, 0.2) is 0 Å². The molecule has 0 fully saturated rings. The Kier molecular flexibility index (Phi) is 4.30. The van der Waals surface area contributed by atoms with E-state index < -0.39 is 21.3 Å². The number of hydrogen-bond acceptors (Lipinski definition) is 3. The number of likely N-dealkylation sites (N-methyl/N-ethyl adjacent to an activating group) is 1. The summed E-state index contributed by atoms with van der Waals surface area (Å²) in [6.07, 6.45) is 0. The van der Waals surface area contributed by atoms with E-state index in [1.165, 1.54) is 11.8 Å². The number of benzene rings is 1. The Hall–Kier alpha value is -0.400. The zero-order valence-electron chi connectivity index (χ0n) is 9.54. The van der Waals surface area contributed by atoms with Crippen molar-refractivity contribution in [2.24, 2.45) is 0 Å². The van der Waals surface area contributed by atoms with Gasteiger partial charge in [-0.15, -0.1) is 0 Å². The topological polar surface area (TPSA) is 74.7 Å². The van der Waals surface area contributed by atoms with E-state index in [0.717, 1.165) is 0 Å². The Morgan fingerprint density at radius 3 is 2.44 bits per heavy atom. The minimum absolute atomic E-state index is 0. The average molecular weight is 279 g/mol. The maximum absolute atomic E-state index is 12.1. The summed E-state index contributed by atoms with van der Waals surface area (Å²) in [4.78, 5) is 13.5. The monoisotopic (exact) mass is 279 g/mol. The van der Waals surface area contributed by atoms with Crippen molar-refractivity contribution >= 4 is 51.3 Å². The Morgan fingerprint density at radius 1 is 1.33 bits per heavy atom. The van der Waals surface area contributed by atoms with Crippen LogP contribution in [0.4, 0.5) is 5.69 Å². The van der Waals surface area contributed by atoms with Crippen LogP contribution in [-0.4, -0.2) is 61.2 Å². The van der Waals surface area contributed by atoms with Crippen LogP contribution >= 0.6 is 0 Å². The standard InChI is InChI=1S/C11H13NO4S.Na.H/c1-11(7-17(14,15)16)8-5-3-4-6-9(8)12(2)10(11)13;;/h3-6H,7H2,1-2H3,(H,14,15,16);;. The zero-order valence-corrected chi connectivity index (χ0v) is 10.4. The molecule has 18 heavy (non-hydrogen) atoms. The summed E-state index contributed by atoms with van der Waals surface area (Å²) in [7, 11) is -2.62. The van der Waals surface area contributed by atoms with Gasteiger partial charge >= 0.3 is 29.6 Å². The molecule has 2 rings (SSSR count). The van der Waals surface area contributed by atoms with Gasteiger partial charge in [0.05, 0.1) is 11.2 Å². The van der Waals surface area contributed by atoms with Crippen LogP contribution in [0.1, 0.15) is 12.5 Å². The third-order valence-electron chi connectivity index (χ3n) is 3.11. The predicted molar refractivity (Wildman–Crippen MR) is 70.8 cm³/mol. The van der Waals surface area contributed by atoms with Crippen molar-refractivity contribution in [3.63, 3.8) is 0 Å². The molecule has 1 N–H and O–H groups in total. The number of amides is 1. The van der Waals surface area contributed by atoms with Gasteiger partial charge in [0.25, 0.3) is 10.1 Å². The molecule has 0 saturated carbocycles. The van der Waals surface area contributed by atoms with Crippen molar-refractivity contribution in [2.45, 2.75) is 12.3 Å². The molecule has 0 spiro atoms. The number of rotatable bonds is 2. The third-order valence-corrected chi connectivity index (χ3v) is 4.05. The Balaban J connectivity index is 0.00000162. The number of anilines is 1. The maximum atomic E-state index is 12.1. The normalized spacial score (nSPS) is 22.6. The summed E-state index contributed by atoms with van der Waals surface area (Å²) in [6.45, 7) is 1.53. The predicted octanol–water partition coefficient (Wildman–Crippen LogP) is 0.160. The molecular formula is C11H14NNaO4S. The second-order valence-corrected chi connectivity index (χ2v) is 5.89. The Labute approximate surface area is 128 Å². The molecule has 1 unspecified atom stereocenters. The minimum atomic E-state index is -4.21. The van der Waals surface area contributed by atoms with Crippen LogP contribution in [0.3, 0.4) is 0 Å². The van der Waals surface area contributed by atoms with Crippen LogP contribution in [0.25, 0.3) is 0 Å². The molecule has 0 saturated heterocycles. The molecule has 0 radical (unpaired) electrons. The van der Waals surface area contributed by atoms with Gasteiger partial charge in [-0.25, -0.2) is 0 Å². The second kappa shape index (κ2) is 4.94. The average Bonchev–Trinajstić information content (AvgIpc) is 2.40. The van der Waals surface area contributed by atoms with E-state index in [2.05, 4.69) is 0 Å². The van der Waals surface area contributed by atoms with Crippen LogP contribution in [0.5, 0.6) is 0 Å². The molecule has 0 bridgehead atoms. The summed E-state index contributed by atoms with van der Waals surface area (Å²) in [5.74, 6) is -0.920. The van der Waals surface area contributed by atoms with Crippen molar-refractivity contribution in [3.05, 3.63) is 29.8 Å². The fraction of sp³-hybridized carbons (Fsp3) is 0.364. The Bertz CT molecular complexity index is 586.